The second kappa shape index (κ2) is 6.21. The fourth-order valence-electron chi connectivity index (χ4n) is 2.21. The molecule has 2 rings (SSSR count). The smallest absolute Gasteiger partial charge is 0.101 e. The third-order valence-electron chi connectivity index (χ3n) is 3.18. The van der Waals surface area contributed by atoms with Gasteiger partial charge in [-0.25, -0.2) is 0 Å². The zero-order valence-corrected chi connectivity index (χ0v) is 12.5. The van der Waals surface area contributed by atoms with Crippen LogP contribution in [0.2, 0.25) is 5.02 Å². The van der Waals surface area contributed by atoms with E-state index in [1.54, 1.807) is 0 Å². The third-order valence-corrected chi connectivity index (χ3v) is 4.40. The van der Waals surface area contributed by atoms with Crippen LogP contribution in [0, 0.1) is 3.57 Å². The van der Waals surface area contributed by atoms with Gasteiger partial charge in [0.15, 0.2) is 0 Å². The number of hydrogen-bond acceptors (Lipinski definition) is 1. The molecule has 1 nitrogen and oxygen atoms in total. The molecule has 1 aliphatic rings. The van der Waals surface area contributed by atoms with Crippen LogP contribution in [0.25, 0.3) is 0 Å². The Hall–Kier alpha value is -0.0600. The highest BCUT2D eigenvalue weighted by Crippen LogP contribution is 2.32. The van der Waals surface area contributed by atoms with Crippen LogP contribution in [0.3, 0.4) is 0 Å². The lowest BCUT2D eigenvalue weighted by molar-refractivity contribution is 0.210. The van der Waals surface area contributed by atoms with E-state index in [-0.39, 0.29) is 0 Å². The molecule has 1 N–H and O–H groups in total. The Morgan fingerprint density at radius 2 is 2.06 bits per heavy atom. The van der Waals surface area contributed by atoms with Gasteiger partial charge >= 0.3 is 0 Å². The van der Waals surface area contributed by atoms with E-state index in [2.05, 4.69) is 28.7 Å². The van der Waals surface area contributed by atoms with Crippen molar-refractivity contribution >= 4 is 34.2 Å². The Kier molecular flexibility index (Phi) is 4.88. The summed E-state index contributed by atoms with van der Waals surface area (Å²) in [7, 11) is 0. The van der Waals surface area contributed by atoms with Crippen molar-refractivity contribution in [3.8, 4) is 0 Å². The highest BCUT2D eigenvalue weighted by Gasteiger charge is 2.17. The molecule has 1 aromatic carbocycles. The molecule has 0 bridgehead atoms. The van der Waals surface area contributed by atoms with Gasteiger partial charge in [0, 0.05) is 8.59 Å². The SMILES string of the molecule is OC(C1=CCCCCC1)c1cc(Cl)ccc1I. The largest absolute Gasteiger partial charge is 0.384 e. The first-order chi connectivity index (χ1) is 8.18. The van der Waals surface area contributed by atoms with Crippen molar-refractivity contribution in [2.24, 2.45) is 0 Å². The van der Waals surface area contributed by atoms with Gasteiger partial charge in [0.25, 0.3) is 0 Å². The number of benzene rings is 1. The molecule has 17 heavy (non-hydrogen) atoms. The van der Waals surface area contributed by atoms with E-state index in [4.69, 9.17) is 11.6 Å². The Balaban J connectivity index is 2.26. The van der Waals surface area contributed by atoms with Crippen molar-refractivity contribution in [2.45, 2.75) is 38.2 Å². The standard InChI is InChI=1S/C14H16ClIO/c15-11-7-8-13(16)12(9-11)14(17)10-5-3-1-2-4-6-10/h5,7-9,14,17H,1-4,6H2. The van der Waals surface area contributed by atoms with E-state index in [1.807, 2.05) is 18.2 Å². The quantitative estimate of drug-likeness (QED) is 0.588. The molecule has 0 saturated carbocycles. The Morgan fingerprint density at radius 3 is 2.88 bits per heavy atom. The summed E-state index contributed by atoms with van der Waals surface area (Å²) in [5, 5.41) is 11.1. The molecule has 1 aliphatic carbocycles. The predicted octanol–water partition coefficient (Wildman–Crippen LogP) is 4.87. The lowest BCUT2D eigenvalue weighted by Crippen LogP contribution is -2.03. The van der Waals surface area contributed by atoms with Crippen molar-refractivity contribution in [3.63, 3.8) is 0 Å². The Bertz CT molecular complexity index is 428. The number of rotatable bonds is 2. The van der Waals surface area contributed by atoms with Crippen LogP contribution in [0.15, 0.2) is 29.8 Å². The maximum Gasteiger partial charge on any atom is 0.101 e. The van der Waals surface area contributed by atoms with Gasteiger partial charge in [0.1, 0.15) is 6.10 Å². The van der Waals surface area contributed by atoms with Crippen LogP contribution in [-0.2, 0) is 0 Å². The lowest BCUT2D eigenvalue weighted by atomic mass is 9.98. The van der Waals surface area contributed by atoms with Crippen LogP contribution < -0.4 is 0 Å². The van der Waals surface area contributed by atoms with Crippen molar-refractivity contribution in [3.05, 3.63) is 44.0 Å². The van der Waals surface area contributed by atoms with Crippen molar-refractivity contribution in [1.29, 1.82) is 0 Å². The lowest BCUT2D eigenvalue weighted by Gasteiger charge is -2.16. The molecule has 0 heterocycles. The van der Waals surface area contributed by atoms with Crippen LogP contribution in [0.5, 0.6) is 0 Å². The average molecular weight is 363 g/mol. The maximum absolute atomic E-state index is 10.4. The zero-order chi connectivity index (χ0) is 12.3. The first-order valence-electron chi connectivity index (χ1n) is 6.00. The summed E-state index contributed by atoms with van der Waals surface area (Å²) in [6.07, 6.45) is 7.49. The van der Waals surface area contributed by atoms with E-state index in [0.29, 0.717) is 5.02 Å². The van der Waals surface area contributed by atoms with E-state index in [1.165, 1.54) is 19.3 Å². The fraction of sp³-hybridized carbons (Fsp3) is 0.429. The van der Waals surface area contributed by atoms with Gasteiger partial charge in [-0.3, -0.25) is 0 Å². The second-order valence-corrected chi connectivity index (χ2v) is 6.05. The van der Waals surface area contributed by atoms with Gasteiger partial charge in [0.2, 0.25) is 0 Å². The van der Waals surface area contributed by atoms with Gasteiger partial charge in [-0.2, -0.15) is 0 Å². The number of allylic oxidation sites excluding steroid dienone is 1. The van der Waals surface area contributed by atoms with E-state index < -0.39 is 6.10 Å². The molecule has 0 aliphatic heterocycles. The molecule has 0 fully saturated rings. The summed E-state index contributed by atoms with van der Waals surface area (Å²) in [4.78, 5) is 0. The predicted molar refractivity (Wildman–Crippen MR) is 80.3 cm³/mol. The summed E-state index contributed by atoms with van der Waals surface area (Å²) < 4.78 is 1.07. The van der Waals surface area contributed by atoms with Crippen LogP contribution >= 0.6 is 34.2 Å². The van der Waals surface area contributed by atoms with Crippen molar-refractivity contribution < 1.29 is 5.11 Å². The summed E-state index contributed by atoms with van der Waals surface area (Å²) in [6, 6.07) is 5.69. The molecule has 0 aromatic heterocycles. The van der Waals surface area contributed by atoms with Crippen LogP contribution in [-0.4, -0.2) is 5.11 Å². The van der Waals surface area contributed by atoms with E-state index in [0.717, 1.165) is 27.5 Å². The minimum atomic E-state index is -0.487. The molecule has 1 aromatic rings. The number of aliphatic hydroxyl groups excluding tert-OH is 1. The molecule has 1 atom stereocenters. The molecule has 0 spiro atoms. The van der Waals surface area contributed by atoms with Crippen molar-refractivity contribution in [1.82, 2.24) is 0 Å². The first kappa shape index (κ1) is 13.4. The van der Waals surface area contributed by atoms with Gasteiger partial charge in [-0.15, -0.1) is 0 Å². The van der Waals surface area contributed by atoms with Gasteiger partial charge in [-0.1, -0.05) is 24.1 Å². The highest BCUT2D eigenvalue weighted by molar-refractivity contribution is 14.1. The molecular formula is C14H16ClIO. The molecule has 0 radical (unpaired) electrons. The van der Waals surface area contributed by atoms with E-state index >= 15 is 0 Å². The van der Waals surface area contributed by atoms with Crippen LogP contribution in [0.1, 0.15) is 43.8 Å². The summed E-state index contributed by atoms with van der Waals surface area (Å²) in [5.74, 6) is 0. The minimum Gasteiger partial charge on any atom is -0.384 e. The van der Waals surface area contributed by atoms with E-state index in [9.17, 15) is 5.11 Å². The summed E-state index contributed by atoms with van der Waals surface area (Å²) >= 11 is 8.25. The van der Waals surface area contributed by atoms with Crippen molar-refractivity contribution in [2.75, 3.05) is 0 Å². The topological polar surface area (TPSA) is 20.2 Å². The molecule has 0 amide bonds. The third kappa shape index (κ3) is 3.46. The number of halogens is 2. The summed E-state index contributed by atoms with van der Waals surface area (Å²) in [6.45, 7) is 0. The monoisotopic (exact) mass is 362 g/mol. The summed E-state index contributed by atoms with van der Waals surface area (Å²) in [5.41, 5.74) is 2.09. The Labute approximate surface area is 121 Å². The number of hydrogen-bond donors (Lipinski definition) is 1. The van der Waals surface area contributed by atoms with Crippen LogP contribution in [0.4, 0.5) is 0 Å². The molecule has 0 saturated heterocycles. The molecule has 3 heteroatoms. The first-order valence-corrected chi connectivity index (χ1v) is 7.46. The van der Waals surface area contributed by atoms with Gasteiger partial charge < -0.3 is 5.11 Å². The average Bonchev–Trinajstić information content (AvgIpc) is 2.60. The zero-order valence-electron chi connectivity index (χ0n) is 9.63. The second-order valence-electron chi connectivity index (χ2n) is 4.45. The Morgan fingerprint density at radius 1 is 1.24 bits per heavy atom. The maximum atomic E-state index is 10.4. The molecule has 1 unspecified atom stereocenters. The van der Waals surface area contributed by atoms with Gasteiger partial charge in [-0.05, 0) is 77.6 Å². The fourth-order valence-corrected chi connectivity index (χ4v) is 3.02. The number of aliphatic hydroxyl groups is 1. The minimum absolute atomic E-state index is 0.487. The normalized spacial score (nSPS) is 18.4. The molecular weight excluding hydrogens is 347 g/mol. The molecule has 92 valence electrons. The highest BCUT2D eigenvalue weighted by atomic mass is 127. The van der Waals surface area contributed by atoms with Gasteiger partial charge in [0.05, 0.1) is 0 Å².